The summed E-state index contributed by atoms with van der Waals surface area (Å²) in [4.78, 5) is 12.8. The van der Waals surface area contributed by atoms with Gasteiger partial charge in [-0.25, -0.2) is 0 Å². The van der Waals surface area contributed by atoms with Gasteiger partial charge in [0.15, 0.2) is 0 Å². The lowest BCUT2D eigenvalue weighted by Crippen LogP contribution is -2.68. The standard InChI is InChI=1S/C30H48O5/c1-17-9-12-30(25(34)35)14-13-28(5)19(23(30)18(17)2)7-8-22-26(3)15-20(32)24(33)27(4,16-31)21(26)10-11-29(22,28)6/h7,17-18,20-24,31-33H,8-16H2,1-6H3,(H,34,35)/t17-,18-,20+,21-,22+,23+,24+,26+,27+,28-,29+,30-/m1/s1. The Morgan fingerprint density at radius 3 is 2.31 bits per heavy atom. The first kappa shape index (κ1) is 25.7. The molecule has 0 aromatic rings. The third kappa shape index (κ3) is 2.95. The molecule has 5 rings (SSSR count). The summed E-state index contributed by atoms with van der Waals surface area (Å²) in [5.41, 5.74) is -0.214. The highest BCUT2D eigenvalue weighted by atomic mass is 16.4. The number of fused-ring (bicyclic) bond motifs is 7. The van der Waals surface area contributed by atoms with Crippen LogP contribution in [-0.4, -0.2) is 45.2 Å². The Labute approximate surface area is 211 Å². The molecule has 0 radical (unpaired) electrons. The van der Waals surface area contributed by atoms with Crippen molar-refractivity contribution in [3.63, 3.8) is 0 Å². The SMILES string of the molecule is C[C@@H]1[C@H](C)CC[C@@]2(C(=O)O)CC[C@]3(C)C(=CC[C@H]4[C@@]5(C)C[C@H](O)[C@H](O)[C@@](C)(CO)[C@@H]5CC[C@@]43C)[C@H]12. The van der Waals surface area contributed by atoms with E-state index in [1.54, 1.807) is 0 Å². The summed E-state index contributed by atoms with van der Waals surface area (Å²) in [6, 6.07) is 0. The van der Waals surface area contributed by atoms with E-state index < -0.39 is 29.0 Å². The highest BCUT2D eigenvalue weighted by Crippen LogP contribution is 2.75. The van der Waals surface area contributed by atoms with Gasteiger partial charge in [-0.05, 0) is 97.2 Å². The number of aliphatic hydroxyl groups is 3. The maximum Gasteiger partial charge on any atom is 0.310 e. The number of aliphatic carboxylic acids is 1. The normalized spacial score (nSPS) is 57.7. The zero-order valence-electron chi connectivity index (χ0n) is 22.7. The molecule has 5 nitrogen and oxygen atoms in total. The molecule has 4 fully saturated rings. The second kappa shape index (κ2) is 7.80. The molecule has 0 amide bonds. The first-order valence-electron chi connectivity index (χ1n) is 14.1. The molecule has 0 aromatic carbocycles. The molecular weight excluding hydrogens is 440 g/mol. The highest BCUT2D eigenvalue weighted by Gasteiger charge is 2.70. The maximum atomic E-state index is 12.8. The number of carboxylic acid groups (broad SMARTS) is 1. The van der Waals surface area contributed by atoms with Gasteiger partial charge in [-0.3, -0.25) is 4.79 Å². The molecule has 0 heterocycles. The van der Waals surface area contributed by atoms with Gasteiger partial charge >= 0.3 is 5.97 Å². The number of hydrogen-bond donors (Lipinski definition) is 4. The molecule has 0 unspecified atom stereocenters. The van der Waals surface area contributed by atoms with Gasteiger partial charge < -0.3 is 20.4 Å². The van der Waals surface area contributed by atoms with E-state index in [9.17, 15) is 25.2 Å². The topological polar surface area (TPSA) is 98.0 Å². The van der Waals surface area contributed by atoms with Crippen LogP contribution in [0.25, 0.3) is 0 Å². The van der Waals surface area contributed by atoms with Crippen LogP contribution in [0.1, 0.15) is 92.9 Å². The predicted octanol–water partition coefficient (Wildman–Crippen LogP) is 5.03. The molecule has 0 aliphatic heterocycles. The van der Waals surface area contributed by atoms with Gasteiger partial charge in [-0.15, -0.1) is 0 Å². The number of rotatable bonds is 2. The summed E-state index contributed by atoms with van der Waals surface area (Å²) in [7, 11) is 0. The van der Waals surface area contributed by atoms with Crippen LogP contribution in [0.3, 0.4) is 0 Å². The van der Waals surface area contributed by atoms with Crippen LogP contribution < -0.4 is 0 Å². The quantitative estimate of drug-likeness (QED) is 0.409. The van der Waals surface area contributed by atoms with E-state index >= 15 is 0 Å². The molecule has 0 aromatic heterocycles. The number of allylic oxidation sites excluding steroid dienone is 2. The number of carboxylic acids is 1. The lowest BCUT2D eigenvalue weighted by Gasteiger charge is -2.71. The molecule has 4 saturated carbocycles. The van der Waals surface area contributed by atoms with Crippen molar-refractivity contribution in [2.75, 3.05) is 6.61 Å². The summed E-state index contributed by atoms with van der Waals surface area (Å²) in [6.07, 6.45) is 7.51. The van der Waals surface area contributed by atoms with Gasteiger partial charge in [0.05, 0.1) is 24.2 Å². The Morgan fingerprint density at radius 1 is 1.00 bits per heavy atom. The molecule has 5 aliphatic rings. The zero-order valence-corrected chi connectivity index (χ0v) is 22.7. The average molecular weight is 489 g/mol. The number of carbonyl (C=O) groups is 1. The summed E-state index contributed by atoms with van der Waals surface area (Å²) < 4.78 is 0. The number of aliphatic hydroxyl groups excluding tert-OH is 3. The molecule has 0 saturated heterocycles. The van der Waals surface area contributed by atoms with E-state index in [1.165, 1.54) is 5.57 Å². The first-order chi connectivity index (χ1) is 16.2. The smallest absolute Gasteiger partial charge is 0.310 e. The third-order valence-electron chi connectivity index (χ3n) is 13.5. The van der Waals surface area contributed by atoms with Crippen molar-refractivity contribution in [2.45, 2.75) is 105 Å². The van der Waals surface area contributed by atoms with E-state index in [0.717, 1.165) is 44.9 Å². The molecule has 5 heteroatoms. The third-order valence-corrected chi connectivity index (χ3v) is 13.5. The van der Waals surface area contributed by atoms with Crippen LogP contribution in [-0.2, 0) is 4.79 Å². The van der Waals surface area contributed by atoms with E-state index in [1.807, 2.05) is 6.92 Å². The second-order valence-corrected chi connectivity index (χ2v) is 14.5. The maximum absolute atomic E-state index is 12.8. The largest absolute Gasteiger partial charge is 0.481 e. The molecule has 5 aliphatic carbocycles. The van der Waals surface area contributed by atoms with Crippen molar-refractivity contribution in [1.82, 2.24) is 0 Å². The minimum atomic E-state index is -0.907. The van der Waals surface area contributed by atoms with Gasteiger partial charge in [-0.2, -0.15) is 0 Å². The van der Waals surface area contributed by atoms with Crippen molar-refractivity contribution >= 4 is 5.97 Å². The summed E-state index contributed by atoms with van der Waals surface area (Å²) in [5.74, 6) is 0.828. The van der Waals surface area contributed by atoms with Crippen LogP contribution >= 0.6 is 0 Å². The highest BCUT2D eigenvalue weighted by molar-refractivity contribution is 5.76. The van der Waals surface area contributed by atoms with Crippen LogP contribution in [0.2, 0.25) is 0 Å². The van der Waals surface area contributed by atoms with Crippen molar-refractivity contribution < 1.29 is 25.2 Å². The lowest BCUT2D eigenvalue weighted by molar-refractivity contribution is -0.244. The Balaban J connectivity index is 1.62. The first-order valence-corrected chi connectivity index (χ1v) is 14.1. The van der Waals surface area contributed by atoms with Crippen molar-refractivity contribution in [2.24, 2.45) is 56.7 Å². The van der Waals surface area contributed by atoms with Crippen LogP contribution in [0.5, 0.6) is 0 Å². The van der Waals surface area contributed by atoms with Crippen LogP contribution in [0.4, 0.5) is 0 Å². The van der Waals surface area contributed by atoms with Gasteiger partial charge in [0.25, 0.3) is 0 Å². The summed E-state index contributed by atoms with van der Waals surface area (Å²) >= 11 is 0. The lowest BCUT2D eigenvalue weighted by atomic mass is 9.33. The zero-order chi connectivity index (χ0) is 25.8. The molecule has 0 bridgehead atoms. The van der Waals surface area contributed by atoms with Crippen molar-refractivity contribution in [3.05, 3.63) is 11.6 Å². The molecular formula is C30H48O5. The van der Waals surface area contributed by atoms with E-state index in [4.69, 9.17) is 0 Å². The minimum absolute atomic E-state index is 0.00815. The van der Waals surface area contributed by atoms with Gasteiger partial charge in [0, 0.05) is 5.41 Å². The fourth-order valence-corrected chi connectivity index (χ4v) is 11.0. The van der Waals surface area contributed by atoms with Crippen molar-refractivity contribution in [1.29, 1.82) is 0 Å². The average Bonchev–Trinajstić information content (AvgIpc) is 2.80. The Hall–Kier alpha value is -0.910. The molecule has 198 valence electrons. The monoisotopic (exact) mass is 488 g/mol. The summed E-state index contributed by atoms with van der Waals surface area (Å²) in [6.45, 7) is 13.6. The molecule has 4 N–H and O–H groups in total. The van der Waals surface area contributed by atoms with Gasteiger partial charge in [-0.1, -0.05) is 53.2 Å². The van der Waals surface area contributed by atoms with Crippen molar-refractivity contribution in [3.8, 4) is 0 Å². The number of hydrogen-bond acceptors (Lipinski definition) is 4. The Kier molecular flexibility index (Phi) is 5.73. The van der Waals surface area contributed by atoms with Gasteiger partial charge in [0.1, 0.15) is 0 Å². The van der Waals surface area contributed by atoms with Gasteiger partial charge in [0.2, 0.25) is 0 Å². The van der Waals surface area contributed by atoms with E-state index in [-0.39, 0.29) is 34.7 Å². The Morgan fingerprint density at radius 2 is 1.69 bits per heavy atom. The fraction of sp³-hybridized carbons (Fsp3) is 0.900. The Bertz CT molecular complexity index is 930. The molecule has 35 heavy (non-hydrogen) atoms. The fourth-order valence-electron chi connectivity index (χ4n) is 11.0. The van der Waals surface area contributed by atoms with Crippen LogP contribution in [0, 0.1) is 56.7 Å². The predicted molar refractivity (Wildman–Crippen MR) is 135 cm³/mol. The van der Waals surface area contributed by atoms with Crippen LogP contribution in [0.15, 0.2) is 11.6 Å². The molecule has 12 atom stereocenters. The summed E-state index contributed by atoms with van der Waals surface area (Å²) in [5, 5.41) is 42.9. The minimum Gasteiger partial charge on any atom is -0.481 e. The van der Waals surface area contributed by atoms with E-state index in [0.29, 0.717) is 24.2 Å². The second-order valence-electron chi connectivity index (χ2n) is 14.5. The molecule has 0 spiro atoms. The van der Waals surface area contributed by atoms with E-state index in [2.05, 4.69) is 40.7 Å².